The molecule has 1 aliphatic rings. The van der Waals surface area contributed by atoms with Crippen molar-refractivity contribution in [3.8, 4) is 22.3 Å². The van der Waals surface area contributed by atoms with Gasteiger partial charge in [0.05, 0.1) is 17.1 Å². The van der Waals surface area contributed by atoms with E-state index in [1.807, 2.05) is 53.9 Å². The quantitative estimate of drug-likeness (QED) is 0.370. The highest BCUT2D eigenvalue weighted by Crippen LogP contribution is 2.37. The molecule has 1 aliphatic heterocycles. The van der Waals surface area contributed by atoms with Crippen molar-refractivity contribution in [3.63, 3.8) is 0 Å². The van der Waals surface area contributed by atoms with E-state index in [1.165, 1.54) is 0 Å². The van der Waals surface area contributed by atoms with E-state index in [4.69, 9.17) is 4.98 Å². The molecule has 37 heavy (non-hydrogen) atoms. The molecule has 8 heteroatoms. The maximum absolute atomic E-state index is 12.9. The second-order valence-corrected chi connectivity index (χ2v) is 10.8. The Hall–Kier alpha value is -3.68. The molecule has 1 fully saturated rings. The molecule has 4 aromatic heterocycles. The summed E-state index contributed by atoms with van der Waals surface area (Å²) >= 11 is 0. The van der Waals surface area contributed by atoms with Gasteiger partial charge in [0.25, 0.3) is 0 Å². The lowest BCUT2D eigenvalue weighted by Gasteiger charge is -2.41. The first kappa shape index (κ1) is 25.0. The van der Waals surface area contributed by atoms with Crippen LogP contribution in [0.3, 0.4) is 0 Å². The minimum atomic E-state index is -0.280. The number of piperidine rings is 1. The molecular weight excluding hydrogens is 462 g/mol. The minimum Gasteiger partial charge on any atom is -0.357 e. The van der Waals surface area contributed by atoms with Crippen molar-refractivity contribution in [1.82, 2.24) is 29.7 Å². The monoisotopic (exact) mass is 499 g/mol. The van der Waals surface area contributed by atoms with Crippen LogP contribution in [0.2, 0.25) is 0 Å². The van der Waals surface area contributed by atoms with Crippen molar-refractivity contribution in [2.24, 2.45) is 5.41 Å². The van der Waals surface area contributed by atoms with E-state index in [0.717, 1.165) is 65.9 Å². The van der Waals surface area contributed by atoms with Crippen LogP contribution in [0.4, 0.5) is 5.82 Å². The maximum Gasteiger partial charge on any atom is 0.226 e. The zero-order valence-electron chi connectivity index (χ0n) is 22.5. The number of hydrogen-bond donors (Lipinski definition) is 1. The van der Waals surface area contributed by atoms with Crippen molar-refractivity contribution in [2.75, 3.05) is 18.0 Å². The molecule has 1 amide bonds. The van der Waals surface area contributed by atoms with Gasteiger partial charge in [0.1, 0.15) is 5.82 Å². The van der Waals surface area contributed by atoms with Crippen LogP contribution in [0.5, 0.6) is 0 Å². The van der Waals surface area contributed by atoms with Crippen LogP contribution in [0.15, 0.2) is 55.2 Å². The third kappa shape index (κ3) is 4.84. The Labute approximate surface area is 218 Å². The van der Waals surface area contributed by atoms with Crippen LogP contribution >= 0.6 is 0 Å². The van der Waals surface area contributed by atoms with Gasteiger partial charge in [-0.2, -0.15) is 10.2 Å². The summed E-state index contributed by atoms with van der Waals surface area (Å²) in [6.07, 6.45) is 12.3. The number of anilines is 1. The molecule has 0 saturated carbocycles. The summed E-state index contributed by atoms with van der Waals surface area (Å²) < 4.78 is 3.89. The Morgan fingerprint density at radius 1 is 1.00 bits per heavy atom. The molecule has 5 rings (SSSR count). The lowest BCUT2D eigenvalue weighted by Crippen LogP contribution is -2.50. The predicted molar refractivity (Wildman–Crippen MR) is 147 cm³/mol. The minimum absolute atomic E-state index is 0.162. The summed E-state index contributed by atoms with van der Waals surface area (Å²) in [4.78, 5) is 20.0. The molecule has 0 aromatic carbocycles. The summed E-state index contributed by atoms with van der Waals surface area (Å²) in [5, 5.41) is 12.2. The second kappa shape index (κ2) is 10.00. The van der Waals surface area contributed by atoms with E-state index >= 15 is 0 Å². The van der Waals surface area contributed by atoms with Crippen molar-refractivity contribution in [2.45, 2.75) is 66.0 Å². The fourth-order valence-corrected chi connectivity index (χ4v) is 5.24. The molecule has 0 radical (unpaired) electrons. The van der Waals surface area contributed by atoms with Crippen LogP contribution in [0.25, 0.3) is 27.8 Å². The SMILES string of the molecule is CCC1(C(=O)NC(C)C)CCN(c2ccc(-c3cc(-c4cnn(C(C)C)c4)cn4nccc34)cn2)CC1. The van der Waals surface area contributed by atoms with Gasteiger partial charge in [-0.3, -0.25) is 9.48 Å². The molecule has 5 heterocycles. The summed E-state index contributed by atoms with van der Waals surface area (Å²) in [6, 6.07) is 8.93. The summed E-state index contributed by atoms with van der Waals surface area (Å²) in [5.74, 6) is 1.15. The highest BCUT2D eigenvalue weighted by molar-refractivity contribution is 5.84. The van der Waals surface area contributed by atoms with Gasteiger partial charge < -0.3 is 10.2 Å². The number of carbonyl (C=O) groups is 1. The lowest BCUT2D eigenvalue weighted by molar-refractivity contribution is -0.133. The number of pyridine rings is 2. The van der Waals surface area contributed by atoms with Crippen LogP contribution in [0.1, 0.15) is 59.9 Å². The Kier molecular flexibility index (Phi) is 6.75. The molecule has 194 valence electrons. The van der Waals surface area contributed by atoms with Crippen molar-refractivity contribution >= 4 is 17.2 Å². The average Bonchev–Trinajstić information content (AvgIpc) is 3.58. The van der Waals surface area contributed by atoms with E-state index in [9.17, 15) is 4.79 Å². The molecule has 8 nitrogen and oxygen atoms in total. The molecule has 0 spiro atoms. The van der Waals surface area contributed by atoms with Crippen LogP contribution in [-0.4, -0.2) is 49.4 Å². The van der Waals surface area contributed by atoms with Crippen molar-refractivity contribution in [1.29, 1.82) is 0 Å². The van der Waals surface area contributed by atoms with Gasteiger partial charge in [0.2, 0.25) is 5.91 Å². The highest BCUT2D eigenvalue weighted by Gasteiger charge is 2.40. The van der Waals surface area contributed by atoms with Gasteiger partial charge >= 0.3 is 0 Å². The smallest absolute Gasteiger partial charge is 0.226 e. The lowest BCUT2D eigenvalue weighted by atomic mass is 9.75. The highest BCUT2D eigenvalue weighted by atomic mass is 16.2. The zero-order chi connectivity index (χ0) is 26.2. The molecule has 0 unspecified atom stereocenters. The fourth-order valence-electron chi connectivity index (χ4n) is 5.24. The standard InChI is InChI=1S/C29H37N7O/c1-6-29(28(37)33-20(2)3)10-13-34(14-11-29)27-8-7-22(16-30-27)25-15-23(18-36-26(25)9-12-31-36)24-17-32-35(19-24)21(4)5/h7-9,12,15-21H,6,10-11,13-14H2,1-5H3,(H,33,37). The van der Waals surface area contributed by atoms with E-state index in [1.54, 1.807) is 0 Å². The molecular formula is C29H37N7O. The third-order valence-corrected chi connectivity index (χ3v) is 7.65. The number of amides is 1. The Morgan fingerprint density at radius 2 is 1.78 bits per heavy atom. The van der Waals surface area contributed by atoms with E-state index < -0.39 is 0 Å². The van der Waals surface area contributed by atoms with Gasteiger partial charge in [-0.05, 0) is 71.2 Å². The van der Waals surface area contributed by atoms with Crippen LogP contribution < -0.4 is 10.2 Å². The molecule has 0 aliphatic carbocycles. The van der Waals surface area contributed by atoms with Gasteiger partial charge in [-0.1, -0.05) is 6.92 Å². The maximum atomic E-state index is 12.9. The molecule has 1 saturated heterocycles. The normalized spacial score (nSPS) is 15.6. The van der Waals surface area contributed by atoms with Crippen molar-refractivity contribution < 1.29 is 4.79 Å². The Balaban J connectivity index is 1.38. The third-order valence-electron chi connectivity index (χ3n) is 7.65. The van der Waals surface area contributed by atoms with Gasteiger partial charge in [0, 0.05) is 72.2 Å². The van der Waals surface area contributed by atoms with E-state index in [-0.39, 0.29) is 17.4 Å². The van der Waals surface area contributed by atoms with Crippen LogP contribution in [-0.2, 0) is 4.79 Å². The number of carbonyl (C=O) groups excluding carboxylic acids is 1. The van der Waals surface area contributed by atoms with E-state index in [0.29, 0.717) is 6.04 Å². The van der Waals surface area contributed by atoms with Crippen molar-refractivity contribution in [3.05, 3.63) is 55.2 Å². The first-order valence-electron chi connectivity index (χ1n) is 13.3. The average molecular weight is 500 g/mol. The number of nitrogens with one attached hydrogen (secondary N) is 1. The first-order chi connectivity index (χ1) is 17.8. The second-order valence-electron chi connectivity index (χ2n) is 10.8. The number of fused-ring (bicyclic) bond motifs is 1. The Morgan fingerprint density at radius 3 is 2.41 bits per heavy atom. The molecule has 0 atom stereocenters. The topological polar surface area (TPSA) is 80.4 Å². The zero-order valence-corrected chi connectivity index (χ0v) is 22.5. The molecule has 4 aromatic rings. The predicted octanol–water partition coefficient (Wildman–Crippen LogP) is 5.36. The molecule has 0 bridgehead atoms. The number of aromatic nitrogens is 5. The number of rotatable bonds is 7. The first-order valence-corrected chi connectivity index (χ1v) is 13.3. The molecule has 1 N–H and O–H groups in total. The number of nitrogens with zero attached hydrogens (tertiary/aromatic N) is 6. The summed E-state index contributed by atoms with van der Waals surface area (Å²) in [7, 11) is 0. The Bertz CT molecular complexity index is 1380. The summed E-state index contributed by atoms with van der Waals surface area (Å²) in [5.41, 5.74) is 5.01. The largest absolute Gasteiger partial charge is 0.357 e. The summed E-state index contributed by atoms with van der Waals surface area (Å²) in [6.45, 7) is 12.1. The number of hydrogen-bond acceptors (Lipinski definition) is 5. The van der Waals surface area contributed by atoms with Crippen LogP contribution in [0, 0.1) is 5.41 Å². The fraction of sp³-hybridized carbons (Fsp3) is 0.448. The van der Waals surface area contributed by atoms with Gasteiger partial charge in [-0.25, -0.2) is 9.50 Å². The van der Waals surface area contributed by atoms with E-state index in [2.05, 4.69) is 65.6 Å². The van der Waals surface area contributed by atoms with Gasteiger partial charge in [0.15, 0.2) is 0 Å². The van der Waals surface area contributed by atoms with Gasteiger partial charge in [-0.15, -0.1) is 0 Å².